The fourth-order valence-corrected chi connectivity index (χ4v) is 4.87. The molecule has 18 heavy (non-hydrogen) atoms. The Hall–Kier alpha value is -0.470. The van der Waals surface area contributed by atoms with Crippen LogP contribution in [0.3, 0.4) is 0 Å². The number of hydrogen-bond donors (Lipinski definition) is 0. The van der Waals surface area contributed by atoms with Crippen LogP contribution in [-0.4, -0.2) is 17.5 Å². The lowest BCUT2D eigenvalue weighted by molar-refractivity contribution is -0.0220. The van der Waals surface area contributed by atoms with Crippen LogP contribution in [0.25, 0.3) is 0 Å². The maximum Gasteiger partial charge on any atom is 0.0807 e. The van der Waals surface area contributed by atoms with Gasteiger partial charge in [0.1, 0.15) is 0 Å². The van der Waals surface area contributed by atoms with E-state index < -0.39 is 0 Å². The summed E-state index contributed by atoms with van der Waals surface area (Å²) in [7, 11) is 0. The van der Waals surface area contributed by atoms with Crippen molar-refractivity contribution < 1.29 is 4.74 Å². The Balaban J connectivity index is 1.79. The Morgan fingerprint density at radius 3 is 2.56 bits per heavy atom. The summed E-state index contributed by atoms with van der Waals surface area (Å²) in [4.78, 5) is 1.39. The highest BCUT2D eigenvalue weighted by Crippen LogP contribution is 2.49. The Morgan fingerprint density at radius 2 is 1.83 bits per heavy atom. The van der Waals surface area contributed by atoms with Gasteiger partial charge in [-0.1, -0.05) is 44.4 Å². The predicted octanol–water partition coefficient (Wildman–Crippen LogP) is 4.52. The minimum atomic E-state index is 0.179. The number of hydrogen-bond acceptors (Lipinski definition) is 2. The molecule has 2 heteroatoms. The van der Waals surface area contributed by atoms with Gasteiger partial charge in [0.15, 0.2) is 0 Å². The van der Waals surface area contributed by atoms with Crippen LogP contribution in [0.5, 0.6) is 0 Å². The first-order valence-electron chi connectivity index (χ1n) is 7.16. The zero-order chi connectivity index (χ0) is 12.4. The average molecular weight is 262 g/mol. The number of ether oxygens (including phenoxy) is 1. The quantitative estimate of drug-likeness (QED) is 0.775. The second kappa shape index (κ2) is 5.26. The highest BCUT2D eigenvalue weighted by molar-refractivity contribution is 8.00. The van der Waals surface area contributed by atoms with Gasteiger partial charge >= 0.3 is 0 Å². The van der Waals surface area contributed by atoms with E-state index in [1.165, 1.54) is 37.0 Å². The van der Waals surface area contributed by atoms with Gasteiger partial charge in [0.05, 0.1) is 12.2 Å². The van der Waals surface area contributed by atoms with Crippen molar-refractivity contribution in [2.75, 3.05) is 6.61 Å². The lowest BCUT2D eigenvalue weighted by Crippen LogP contribution is -2.40. The summed E-state index contributed by atoms with van der Waals surface area (Å²) < 4.78 is 6.26. The normalized spacial score (nSPS) is 30.7. The summed E-state index contributed by atoms with van der Waals surface area (Å²) >= 11 is 2.04. The predicted molar refractivity (Wildman–Crippen MR) is 77.0 cm³/mol. The molecule has 1 aromatic rings. The Morgan fingerprint density at radius 1 is 1.11 bits per heavy atom. The lowest BCUT2D eigenvalue weighted by Gasteiger charge is -2.38. The third-order valence-electron chi connectivity index (χ3n) is 4.38. The fraction of sp³-hybridized carbons (Fsp3) is 0.625. The van der Waals surface area contributed by atoms with Crippen LogP contribution in [0.1, 0.15) is 39.0 Å². The fourth-order valence-electron chi connectivity index (χ4n) is 3.43. The molecule has 1 aromatic carbocycles. The number of rotatable bonds is 2. The highest BCUT2D eigenvalue weighted by atomic mass is 32.2. The standard InChI is InChI=1S/C16H22OS/c1-13-12-17-16(10-6-3-7-11-16)15(13)18-14-8-4-2-5-9-14/h2,4-5,8-9,13,15H,3,6-7,10-12H2,1H3/t13-,15+/m0/s1. The molecule has 1 saturated heterocycles. The highest BCUT2D eigenvalue weighted by Gasteiger charge is 2.48. The zero-order valence-electron chi connectivity index (χ0n) is 11.1. The van der Waals surface area contributed by atoms with Gasteiger partial charge in [0, 0.05) is 10.1 Å². The van der Waals surface area contributed by atoms with Crippen LogP contribution in [-0.2, 0) is 4.74 Å². The van der Waals surface area contributed by atoms with E-state index in [-0.39, 0.29) is 5.60 Å². The minimum absolute atomic E-state index is 0.179. The molecule has 0 aromatic heterocycles. The van der Waals surface area contributed by atoms with Gasteiger partial charge in [-0.2, -0.15) is 0 Å². The van der Waals surface area contributed by atoms with E-state index in [1.807, 2.05) is 11.8 Å². The molecule has 1 saturated carbocycles. The summed E-state index contributed by atoms with van der Waals surface area (Å²) in [5.41, 5.74) is 0.179. The molecule has 2 fully saturated rings. The molecular weight excluding hydrogens is 240 g/mol. The molecule has 0 unspecified atom stereocenters. The maximum atomic E-state index is 6.26. The van der Waals surface area contributed by atoms with Crippen molar-refractivity contribution in [3.63, 3.8) is 0 Å². The second-order valence-electron chi connectivity index (χ2n) is 5.77. The molecule has 1 spiro atoms. The van der Waals surface area contributed by atoms with Gasteiger partial charge in [-0.15, -0.1) is 11.8 Å². The van der Waals surface area contributed by atoms with Crippen LogP contribution >= 0.6 is 11.8 Å². The largest absolute Gasteiger partial charge is 0.373 e. The Labute approximate surface area is 114 Å². The van der Waals surface area contributed by atoms with Crippen molar-refractivity contribution in [1.29, 1.82) is 0 Å². The Kier molecular flexibility index (Phi) is 3.67. The molecule has 1 aliphatic carbocycles. The van der Waals surface area contributed by atoms with Gasteiger partial charge in [-0.25, -0.2) is 0 Å². The molecule has 0 bridgehead atoms. The second-order valence-corrected chi connectivity index (χ2v) is 6.98. The van der Waals surface area contributed by atoms with E-state index in [9.17, 15) is 0 Å². The molecular formula is C16H22OS. The van der Waals surface area contributed by atoms with E-state index in [4.69, 9.17) is 4.74 Å². The lowest BCUT2D eigenvalue weighted by atomic mass is 9.80. The van der Waals surface area contributed by atoms with Crippen LogP contribution in [0.4, 0.5) is 0 Å². The van der Waals surface area contributed by atoms with E-state index in [0.717, 1.165) is 6.61 Å². The third-order valence-corrected chi connectivity index (χ3v) is 6.07. The van der Waals surface area contributed by atoms with Gasteiger partial charge in [-0.3, -0.25) is 0 Å². The van der Waals surface area contributed by atoms with Gasteiger partial charge in [0.2, 0.25) is 0 Å². The molecule has 1 aliphatic heterocycles. The van der Waals surface area contributed by atoms with Gasteiger partial charge in [-0.05, 0) is 30.9 Å². The van der Waals surface area contributed by atoms with Crippen LogP contribution in [0, 0.1) is 5.92 Å². The van der Waals surface area contributed by atoms with E-state index in [1.54, 1.807) is 0 Å². The SMILES string of the molecule is C[C@H]1COC2(CCCCC2)[C@@H]1Sc1ccccc1. The first kappa shape index (κ1) is 12.6. The average Bonchev–Trinajstić information content (AvgIpc) is 2.71. The molecule has 98 valence electrons. The summed E-state index contributed by atoms with van der Waals surface area (Å²) in [5.74, 6) is 0.674. The Bertz CT molecular complexity index is 378. The smallest absolute Gasteiger partial charge is 0.0807 e. The molecule has 1 nitrogen and oxygen atoms in total. The summed E-state index contributed by atoms with van der Waals surface area (Å²) in [6.45, 7) is 3.30. The molecule has 1 heterocycles. The molecule has 2 atom stereocenters. The monoisotopic (exact) mass is 262 g/mol. The minimum Gasteiger partial charge on any atom is -0.373 e. The third kappa shape index (κ3) is 2.33. The summed E-state index contributed by atoms with van der Waals surface area (Å²) in [5, 5.41) is 0.639. The molecule has 0 N–H and O–H groups in total. The van der Waals surface area contributed by atoms with Crippen LogP contribution < -0.4 is 0 Å². The van der Waals surface area contributed by atoms with Crippen molar-refractivity contribution >= 4 is 11.8 Å². The van der Waals surface area contributed by atoms with E-state index in [2.05, 4.69) is 37.3 Å². The van der Waals surface area contributed by atoms with Crippen LogP contribution in [0.15, 0.2) is 35.2 Å². The van der Waals surface area contributed by atoms with Crippen molar-refractivity contribution in [2.24, 2.45) is 5.92 Å². The van der Waals surface area contributed by atoms with Gasteiger partial charge < -0.3 is 4.74 Å². The van der Waals surface area contributed by atoms with E-state index >= 15 is 0 Å². The van der Waals surface area contributed by atoms with Crippen molar-refractivity contribution in [2.45, 2.75) is 54.8 Å². The summed E-state index contributed by atoms with van der Waals surface area (Å²) in [6.07, 6.45) is 6.61. The van der Waals surface area contributed by atoms with E-state index in [0.29, 0.717) is 11.2 Å². The first-order chi connectivity index (χ1) is 8.80. The van der Waals surface area contributed by atoms with Gasteiger partial charge in [0.25, 0.3) is 0 Å². The summed E-state index contributed by atoms with van der Waals surface area (Å²) in [6, 6.07) is 10.8. The molecule has 0 amide bonds. The van der Waals surface area contributed by atoms with Crippen molar-refractivity contribution in [1.82, 2.24) is 0 Å². The van der Waals surface area contributed by atoms with Crippen molar-refractivity contribution in [3.05, 3.63) is 30.3 Å². The first-order valence-corrected chi connectivity index (χ1v) is 8.04. The zero-order valence-corrected chi connectivity index (χ0v) is 11.9. The number of thioether (sulfide) groups is 1. The topological polar surface area (TPSA) is 9.23 Å². The molecule has 2 aliphatic rings. The van der Waals surface area contributed by atoms with Crippen molar-refractivity contribution in [3.8, 4) is 0 Å². The van der Waals surface area contributed by atoms with Crippen LogP contribution in [0.2, 0.25) is 0 Å². The number of benzene rings is 1. The molecule has 0 radical (unpaired) electrons. The maximum absolute atomic E-state index is 6.26. The molecule has 3 rings (SSSR count).